The Bertz CT molecular complexity index is 568. The minimum absolute atomic E-state index is 0.399. The number of carbonyl (C=O) groups is 5. The van der Waals surface area contributed by atoms with Crippen molar-refractivity contribution in [2.45, 2.75) is 44.8 Å². The van der Waals surface area contributed by atoms with Crippen LogP contribution < -0.4 is 21.7 Å². The van der Waals surface area contributed by atoms with Gasteiger partial charge in [0.25, 0.3) is 0 Å². The number of amides is 3. The third kappa shape index (κ3) is 8.96. The van der Waals surface area contributed by atoms with E-state index in [2.05, 4.69) is 16.0 Å². The highest BCUT2D eigenvalue weighted by molar-refractivity contribution is 5.93. The molecule has 3 amide bonds. The first-order valence-electron chi connectivity index (χ1n) is 8.21. The van der Waals surface area contributed by atoms with Crippen LogP contribution in [0.15, 0.2) is 0 Å². The number of aliphatic hydroxyl groups excluding tert-OH is 1. The normalized spacial score (nSPS) is 15.0. The molecule has 12 heteroatoms. The summed E-state index contributed by atoms with van der Waals surface area (Å²) in [5.74, 6) is -5.68. The van der Waals surface area contributed by atoms with Gasteiger partial charge in [0.15, 0.2) is 0 Å². The number of aliphatic carboxylic acids is 2. The predicted molar refractivity (Wildman–Crippen MR) is 91.3 cm³/mol. The molecule has 0 bridgehead atoms. The van der Waals surface area contributed by atoms with Crippen LogP contribution in [0, 0.1) is 5.92 Å². The van der Waals surface area contributed by atoms with Gasteiger partial charge in [-0.25, -0.2) is 4.79 Å². The quantitative estimate of drug-likeness (QED) is 0.181. The number of hydrogen-bond donors (Lipinski definition) is 7. The number of nitrogens with two attached hydrogens (primary N) is 1. The van der Waals surface area contributed by atoms with Gasteiger partial charge < -0.3 is 37.0 Å². The van der Waals surface area contributed by atoms with Gasteiger partial charge in [-0.15, -0.1) is 0 Å². The minimum atomic E-state index is -1.65. The molecule has 12 nitrogen and oxygen atoms in total. The Balaban J connectivity index is 4.98. The Hall–Kier alpha value is -2.73. The van der Waals surface area contributed by atoms with E-state index in [4.69, 9.17) is 21.1 Å². The van der Waals surface area contributed by atoms with Crippen molar-refractivity contribution in [3.05, 3.63) is 0 Å². The van der Waals surface area contributed by atoms with Gasteiger partial charge in [-0.3, -0.25) is 19.2 Å². The van der Waals surface area contributed by atoms with Gasteiger partial charge in [0.1, 0.15) is 18.1 Å². The summed E-state index contributed by atoms with van der Waals surface area (Å²) in [6, 6.07) is -3.99. The van der Waals surface area contributed by atoms with Crippen LogP contribution >= 0.6 is 0 Å². The van der Waals surface area contributed by atoms with Gasteiger partial charge in [-0.2, -0.15) is 0 Å². The van der Waals surface area contributed by atoms with Crippen molar-refractivity contribution in [2.75, 3.05) is 13.2 Å². The smallest absolute Gasteiger partial charge is 0.326 e. The molecule has 0 aromatic rings. The summed E-state index contributed by atoms with van der Waals surface area (Å²) in [7, 11) is 0. The largest absolute Gasteiger partial charge is 0.481 e. The monoisotopic (exact) mass is 390 g/mol. The number of carbonyl (C=O) groups excluding carboxylic acids is 3. The van der Waals surface area contributed by atoms with E-state index in [9.17, 15) is 24.0 Å². The van der Waals surface area contributed by atoms with E-state index in [-0.39, 0.29) is 0 Å². The summed E-state index contributed by atoms with van der Waals surface area (Å²) >= 11 is 0. The maximum atomic E-state index is 12.3. The molecular formula is C15H26N4O8. The number of carboxylic acid groups (broad SMARTS) is 2. The van der Waals surface area contributed by atoms with E-state index in [1.54, 1.807) is 13.8 Å². The summed E-state index contributed by atoms with van der Waals surface area (Å²) in [6.45, 7) is 2.26. The Morgan fingerprint density at radius 2 is 1.63 bits per heavy atom. The molecule has 0 aliphatic heterocycles. The Kier molecular flexibility index (Phi) is 10.6. The Morgan fingerprint density at radius 1 is 1.04 bits per heavy atom. The lowest BCUT2D eigenvalue weighted by atomic mass is 9.97. The maximum absolute atomic E-state index is 12.3. The third-order valence-corrected chi connectivity index (χ3v) is 3.76. The number of hydrogen-bond acceptors (Lipinski definition) is 7. The first-order chi connectivity index (χ1) is 12.5. The molecule has 154 valence electrons. The van der Waals surface area contributed by atoms with E-state index >= 15 is 0 Å². The first kappa shape index (κ1) is 24.3. The second-order valence-electron chi connectivity index (χ2n) is 5.93. The predicted octanol–water partition coefficient (Wildman–Crippen LogP) is -3.00. The fourth-order valence-electron chi connectivity index (χ4n) is 1.94. The molecule has 0 saturated heterocycles. The van der Waals surface area contributed by atoms with Crippen molar-refractivity contribution in [1.29, 1.82) is 0 Å². The number of nitrogens with one attached hydrogen (secondary N) is 3. The highest BCUT2D eigenvalue weighted by Gasteiger charge is 2.30. The molecule has 0 rings (SSSR count). The average Bonchev–Trinajstić information content (AvgIpc) is 2.61. The summed E-state index contributed by atoms with van der Waals surface area (Å²) in [4.78, 5) is 57.5. The van der Waals surface area contributed by atoms with Gasteiger partial charge in [0, 0.05) is 0 Å². The lowest BCUT2D eigenvalue weighted by Crippen LogP contribution is -2.56. The molecule has 27 heavy (non-hydrogen) atoms. The van der Waals surface area contributed by atoms with Crippen LogP contribution in [0.4, 0.5) is 0 Å². The average molecular weight is 390 g/mol. The Labute approximate surface area is 155 Å². The fourth-order valence-corrected chi connectivity index (χ4v) is 1.94. The standard InChI is InChI=1S/C15H26N4O8/c1-3-7(2)12(14(25)18-9(15(26)27)4-11(22)23)19-10(21)5-17-13(24)8(16)6-20/h7-9,12,20H,3-6,16H2,1-2H3,(H,17,24)(H,18,25)(H,19,21)(H,22,23)(H,26,27). The second kappa shape index (κ2) is 11.8. The second-order valence-corrected chi connectivity index (χ2v) is 5.93. The van der Waals surface area contributed by atoms with Crippen LogP contribution in [-0.4, -0.2) is 76.3 Å². The molecule has 0 fully saturated rings. The van der Waals surface area contributed by atoms with Gasteiger partial charge in [-0.1, -0.05) is 20.3 Å². The van der Waals surface area contributed by atoms with Gasteiger partial charge in [0.05, 0.1) is 19.6 Å². The van der Waals surface area contributed by atoms with E-state index in [0.29, 0.717) is 6.42 Å². The molecule has 8 N–H and O–H groups in total. The zero-order valence-corrected chi connectivity index (χ0v) is 15.1. The molecule has 0 aliphatic carbocycles. The zero-order chi connectivity index (χ0) is 21.1. The molecule has 0 spiro atoms. The van der Waals surface area contributed by atoms with E-state index in [1.807, 2.05) is 0 Å². The van der Waals surface area contributed by atoms with Crippen molar-refractivity contribution < 1.29 is 39.3 Å². The molecule has 0 saturated carbocycles. The lowest BCUT2D eigenvalue weighted by Gasteiger charge is -2.25. The van der Waals surface area contributed by atoms with Gasteiger partial charge in [0.2, 0.25) is 17.7 Å². The first-order valence-corrected chi connectivity index (χ1v) is 8.21. The van der Waals surface area contributed by atoms with Crippen LogP contribution in [0.2, 0.25) is 0 Å². The van der Waals surface area contributed by atoms with Crippen LogP contribution in [0.5, 0.6) is 0 Å². The molecule has 4 atom stereocenters. The Morgan fingerprint density at radius 3 is 2.07 bits per heavy atom. The topological polar surface area (TPSA) is 208 Å². The van der Waals surface area contributed by atoms with Crippen LogP contribution in [-0.2, 0) is 24.0 Å². The molecule has 0 heterocycles. The van der Waals surface area contributed by atoms with Crippen LogP contribution in [0.1, 0.15) is 26.7 Å². The van der Waals surface area contributed by atoms with Crippen molar-refractivity contribution >= 4 is 29.7 Å². The molecular weight excluding hydrogens is 364 g/mol. The molecule has 0 aliphatic rings. The molecule has 0 aromatic carbocycles. The van der Waals surface area contributed by atoms with Crippen molar-refractivity contribution in [1.82, 2.24) is 16.0 Å². The van der Waals surface area contributed by atoms with E-state index in [0.717, 1.165) is 0 Å². The minimum Gasteiger partial charge on any atom is -0.481 e. The summed E-state index contributed by atoms with van der Waals surface area (Å²) in [5.41, 5.74) is 5.28. The zero-order valence-electron chi connectivity index (χ0n) is 15.1. The molecule has 0 aromatic heterocycles. The van der Waals surface area contributed by atoms with Crippen molar-refractivity contribution in [3.8, 4) is 0 Å². The SMILES string of the molecule is CCC(C)C(NC(=O)CNC(=O)C(N)CO)C(=O)NC(CC(=O)O)C(=O)O. The summed E-state index contributed by atoms with van der Waals surface area (Å²) in [5, 5.41) is 33.1. The van der Waals surface area contributed by atoms with E-state index < -0.39 is 73.3 Å². The number of rotatable bonds is 12. The number of aliphatic hydroxyl groups is 1. The summed E-state index contributed by atoms with van der Waals surface area (Å²) < 4.78 is 0. The highest BCUT2D eigenvalue weighted by atomic mass is 16.4. The fraction of sp³-hybridized carbons (Fsp3) is 0.667. The highest BCUT2D eigenvalue weighted by Crippen LogP contribution is 2.09. The van der Waals surface area contributed by atoms with Crippen LogP contribution in [0.25, 0.3) is 0 Å². The molecule has 0 radical (unpaired) electrons. The lowest BCUT2D eigenvalue weighted by molar-refractivity contribution is -0.147. The maximum Gasteiger partial charge on any atom is 0.326 e. The van der Waals surface area contributed by atoms with Crippen molar-refractivity contribution in [3.63, 3.8) is 0 Å². The van der Waals surface area contributed by atoms with Gasteiger partial charge in [-0.05, 0) is 5.92 Å². The van der Waals surface area contributed by atoms with Crippen LogP contribution in [0.3, 0.4) is 0 Å². The van der Waals surface area contributed by atoms with Gasteiger partial charge >= 0.3 is 11.9 Å². The molecule has 4 unspecified atom stereocenters. The summed E-state index contributed by atoms with van der Waals surface area (Å²) in [6.07, 6.45) is -0.367. The third-order valence-electron chi connectivity index (χ3n) is 3.76. The number of carboxylic acids is 2. The van der Waals surface area contributed by atoms with Crippen molar-refractivity contribution in [2.24, 2.45) is 11.7 Å². The van der Waals surface area contributed by atoms with E-state index in [1.165, 1.54) is 0 Å².